The number of nitrogens with one attached hydrogen (secondary N) is 2. The molecule has 1 heterocycles. The zero-order valence-corrected chi connectivity index (χ0v) is 14.1. The molecule has 0 saturated carbocycles. The minimum atomic E-state index is 0.743. The van der Waals surface area contributed by atoms with Gasteiger partial charge in [-0.1, -0.05) is 15.9 Å². The van der Waals surface area contributed by atoms with E-state index in [0.29, 0.717) is 0 Å². The lowest BCUT2D eigenvalue weighted by atomic mass is 10.1. The summed E-state index contributed by atoms with van der Waals surface area (Å²) < 4.78 is 1.89. The molecule has 0 unspecified atom stereocenters. The molecule has 2 aromatic rings. The third-order valence-corrected chi connectivity index (χ3v) is 3.98. The van der Waals surface area contributed by atoms with E-state index in [2.05, 4.69) is 78.4 Å². The number of rotatable bonds is 3. The molecule has 100 valence electrons. The molecular formula is C13H14Br2N4. The molecule has 0 fully saturated rings. The third kappa shape index (κ3) is 3.06. The quantitative estimate of drug-likeness (QED) is 0.821. The summed E-state index contributed by atoms with van der Waals surface area (Å²) in [6.45, 7) is 4.13. The molecule has 0 radical (unpaired) electrons. The number of halogens is 2. The van der Waals surface area contributed by atoms with E-state index in [1.807, 2.05) is 7.05 Å². The fraction of sp³-hybridized carbons (Fsp3) is 0.231. The number of hydrogen-bond acceptors (Lipinski definition) is 4. The topological polar surface area (TPSA) is 49.8 Å². The van der Waals surface area contributed by atoms with Crippen molar-refractivity contribution in [1.82, 2.24) is 9.97 Å². The van der Waals surface area contributed by atoms with E-state index in [0.717, 1.165) is 37.4 Å². The summed E-state index contributed by atoms with van der Waals surface area (Å²) in [4.78, 5) is 8.41. The predicted octanol–water partition coefficient (Wildman–Crippen LogP) is 4.40. The summed E-state index contributed by atoms with van der Waals surface area (Å²) in [5.74, 6) is 1.50. The van der Waals surface area contributed by atoms with Gasteiger partial charge >= 0.3 is 0 Å². The highest BCUT2D eigenvalue weighted by molar-refractivity contribution is 9.11. The Hall–Kier alpha value is -1.14. The molecule has 0 spiro atoms. The van der Waals surface area contributed by atoms with Gasteiger partial charge in [-0.25, -0.2) is 9.97 Å². The highest BCUT2D eigenvalue weighted by atomic mass is 79.9. The number of hydrogen-bond donors (Lipinski definition) is 2. The van der Waals surface area contributed by atoms with Gasteiger partial charge in [0.15, 0.2) is 0 Å². The van der Waals surface area contributed by atoms with Crippen molar-refractivity contribution in [1.29, 1.82) is 0 Å². The van der Waals surface area contributed by atoms with E-state index in [9.17, 15) is 0 Å². The molecule has 0 bridgehead atoms. The van der Waals surface area contributed by atoms with Crippen molar-refractivity contribution in [2.75, 3.05) is 17.7 Å². The van der Waals surface area contributed by atoms with Crippen molar-refractivity contribution in [2.24, 2.45) is 0 Å². The van der Waals surface area contributed by atoms with Crippen molar-refractivity contribution in [3.8, 4) is 0 Å². The first-order chi connectivity index (χ1) is 9.02. The van der Waals surface area contributed by atoms with Crippen LogP contribution in [0.3, 0.4) is 0 Å². The number of anilines is 3. The predicted molar refractivity (Wildman–Crippen MR) is 86.2 cm³/mol. The molecule has 2 N–H and O–H groups in total. The molecule has 0 aliphatic heterocycles. The maximum atomic E-state index is 4.27. The normalized spacial score (nSPS) is 10.4. The lowest BCUT2D eigenvalue weighted by Crippen LogP contribution is -2.02. The Labute approximate surface area is 129 Å². The van der Waals surface area contributed by atoms with Crippen LogP contribution < -0.4 is 10.6 Å². The number of aryl methyl sites for hydroxylation is 2. The molecule has 6 heteroatoms. The minimum absolute atomic E-state index is 0.743. The van der Waals surface area contributed by atoms with Crippen molar-refractivity contribution < 1.29 is 0 Å². The second-order valence-corrected chi connectivity index (χ2v) is 5.88. The maximum Gasteiger partial charge on any atom is 0.150 e. The van der Waals surface area contributed by atoms with E-state index in [4.69, 9.17) is 0 Å². The van der Waals surface area contributed by atoms with Gasteiger partial charge in [0.05, 0.1) is 0 Å². The van der Waals surface area contributed by atoms with E-state index < -0.39 is 0 Å². The molecule has 1 aromatic carbocycles. The highest BCUT2D eigenvalue weighted by Gasteiger charge is 2.10. The van der Waals surface area contributed by atoms with Crippen LogP contribution in [0.2, 0.25) is 0 Å². The standard InChI is InChI=1S/C13H14Br2N4/c1-7-4-9(14)5-8(2)11(7)19-13-10(15)12(16-3)17-6-18-13/h4-6H,1-3H3,(H2,16,17,18,19). The summed E-state index contributed by atoms with van der Waals surface area (Å²) in [7, 11) is 1.83. The van der Waals surface area contributed by atoms with Gasteiger partial charge in [-0.05, 0) is 53.0 Å². The average molecular weight is 386 g/mol. The molecule has 0 aliphatic rings. The van der Waals surface area contributed by atoms with Gasteiger partial charge in [0, 0.05) is 17.2 Å². The monoisotopic (exact) mass is 384 g/mol. The first-order valence-corrected chi connectivity index (χ1v) is 7.33. The van der Waals surface area contributed by atoms with E-state index in [-0.39, 0.29) is 0 Å². The highest BCUT2D eigenvalue weighted by Crippen LogP contribution is 2.32. The van der Waals surface area contributed by atoms with Crippen LogP contribution in [0.5, 0.6) is 0 Å². The van der Waals surface area contributed by atoms with Crippen molar-refractivity contribution in [3.05, 3.63) is 38.5 Å². The van der Waals surface area contributed by atoms with Crippen LogP contribution >= 0.6 is 31.9 Å². The fourth-order valence-corrected chi connectivity index (χ4v) is 3.05. The zero-order chi connectivity index (χ0) is 14.0. The molecule has 0 saturated heterocycles. The Kier molecular flexibility index (Phi) is 4.42. The van der Waals surface area contributed by atoms with Crippen molar-refractivity contribution in [2.45, 2.75) is 13.8 Å². The first-order valence-electron chi connectivity index (χ1n) is 5.75. The summed E-state index contributed by atoms with van der Waals surface area (Å²) in [5, 5.41) is 6.37. The van der Waals surface area contributed by atoms with E-state index in [1.54, 1.807) is 0 Å². The Morgan fingerprint density at radius 1 is 1.00 bits per heavy atom. The molecule has 4 nitrogen and oxygen atoms in total. The van der Waals surface area contributed by atoms with Crippen LogP contribution in [0, 0.1) is 13.8 Å². The van der Waals surface area contributed by atoms with Crippen LogP contribution in [-0.4, -0.2) is 17.0 Å². The summed E-state index contributed by atoms with van der Waals surface area (Å²) in [6, 6.07) is 4.15. The summed E-state index contributed by atoms with van der Waals surface area (Å²) in [6.07, 6.45) is 1.53. The molecule has 2 rings (SSSR count). The van der Waals surface area contributed by atoms with Gasteiger partial charge in [-0.3, -0.25) is 0 Å². The van der Waals surface area contributed by atoms with Gasteiger partial charge < -0.3 is 10.6 Å². The van der Waals surface area contributed by atoms with Crippen molar-refractivity contribution >= 4 is 49.2 Å². The van der Waals surface area contributed by atoms with Crippen LogP contribution in [0.1, 0.15) is 11.1 Å². The summed E-state index contributed by atoms with van der Waals surface area (Å²) in [5.41, 5.74) is 3.37. The number of nitrogens with zero attached hydrogens (tertiary/aromatic N) is 2. The van der Waals surface area contributed by atoms with Crippen LogP contribution in [-0.2, 0) is 0 Å². The zero-order valence-electron chi connectivity index (χ0n) is 10.9. The minimum Gasteiger partial charge on any atom is -0.372 e. The first kappa shape index (κ1) is 14.3. The SMILES string of the molecule is CNc1ncnc(Nc2c(C)cc(Br)cc2C)c1Br. The molecule has 0 amide bonds. The largest absolute Gasteiger partial charge is 0.372 e. The van der Waals surface area contributed by atoms with Crippen LogP contribution in [0.15, 0.2) is 27.4 Å². The van der Waals surface area contributed by atoms with E-state index >= 15 is 0 Å². The summed E-state index contributed by atoms with van der Waals surface area (Å²) >= 11 is 7.00. The van der Waals surface area contributed by atoms with Crippen LogP contribution in [0.25, 0.3) is 0 Å². The Morgan fingerprint density at radius 2 is 1.58 bits per heavy atom. The van der Waals surface area contributed by atoms with E-state index in [1.165, 1.54) is 6.33 Å². The maximum absolute atomic E-state index is 4.27. The second-order valence-electron chi connectivity index (χ2n) is 4.17. The third-order valence-electron chi connectivity index (χ3n) is 2.77. The average Bonchev–Trinajstić information content (AvgIpc) is 2.35. The molecule has 1 aromatic heterocycles. The lowest BCUT2D eigenvalue weighted by Gasteiger charge is -2.14. The molecular weight excluding hydrogens is 372 g/mol. The van der Waals surface area contributed by atoms with Gasteiger partial charge in [0.25, 0.3) is 0 Å². The Bertz CT molecular complexity index is 591. The van der Waals surface area contributed by atoms with Gasteiger partial charge in [-0.2, -0.15) is 0 Å². The van der Waals surface area contributed by atoms with Gasteiger partial charge in [0.2, 0.25) is 0 Å². The number of aromatic nitrogens is 2. The van der Waals surface area contributed by atoms with Crippen LogP contribution in [0.4, 0.5) is 17.3 Å². The number of benzene rings is 1. The smallest absolute Gasteiger partial charge is 0.150 e. The Balaban J connectivity index is 2.42. The lowest BCUT2D eigenvalue weighted by molar-refractivity contribution is 1.14. The van der Waals surface area contributed by atoms with Crippen molar-refractivity contribution in [3.63, 3.8) is 0 Å². The Morgan fingerprint density at radius 3 is 2.16 bits per heavy atom. The van der Waals surface area contributed by atoms with Gasteiger partial charge in [0.1, 0.15) is 22.4 Å². The molecule has 19 heavy (non-hydrogen) atoms. The molecule has 0 atom stereocenters. The van der Waals surface area contributed by atoms with Gasteiger partial charge in [-0.15, -0.1) is 0 Å². The fourth-order valence-electron chi connectivity index (χ4n) is 1.86. The second kappa shape index (κ2) is 5.88. The molecule has 0 aliphatic carbocycles.